The quantitative estimate of drug-likeness (QED) is 0.772. The first-order valence-electron chi connectivity index (χ1n) is 6.64. The summed E-state index contributed by atoms with van der Waals surface area (Å²) in [5, 5.41) is 10.2. The molecule has 1 saturated heterocycles. The Morgan fingerprint density at radius 2 is 2.23 bits per heavy atom. The van der Waals surface area contributed by atoms with Crippen molar-refractivity contribution in [1.82, 2.24) is 25.1 Å². The number of hydrogen-bond donors (Lipinski definition) is 1. The maximum Gasteiger partial charge on any atom is 0.408 e. The molecule has 8 nitrogen and oxygen atoms in total. The molecule has 11 heteroatoms. The monoisotopic (exact) mass is 322 g/mol. The molecule has 1 aliphatic heterocycles. The number of ether oxygens (including phenoxy) is 1. The molecule has 2 rings (SSSR count). The van der Waals surface area contributed by atoms with Crippen molar-refractivity contribution in [2.75, 3.05) is 20.3 Å². The molecule has 2 N–H and O–H groups in total. The molecule has 1 atom stereocenters. The molecule has 1 unspecified atom stereocenters. The molecule has 0 spiro atoms. The highest BCUT2D eigenvalue weighted by Crippen LogP contribution is 2.31. The van der Waals surface area contributed by atoms with Crippen molar-refractivity contribution in [2.45, 2.75) is 37.6 Å². The van der Waals surface area contributed by atoms with Crippen LogP contribution in [0.2, 0.25) is 0 Å². The summed E-state index contributed by atoms with van der Waals surface area (Å²) in [6.45, 7) is -0.708. The zero-order valence-electron chi connectivity index (χ0n) is 12.0. The van der Waals surface area contributed by atoms with Gasteiger partial charge in [-0.05, 0) is 29.8 Å². The van der Waals surface area contributed by atoms with E-state index in [-0.39, 0.29) is 19.0 Å². The summed E-state index contributed by atoms with van der Waals surface area (Å²) in [7, 11) is 1.44. The summed E-state index contributed by atoms with van der Waals surface area (Å²) in [6, 6.07) is 0. The lowest BCUT2D eigenvalue weighted by molar-refractivity contribution is -0.144. The molecule has 0 radical (unpaired) electrons. The van der Waals surface area contributed by atoms with Crippen LogP contribution < -0.4 is 5.73 Å². The second-order valence-corrected chi connectivity index (χ2v) is 5.22. The molecule has 0 bridgehead atoms. The fourth-order valence-electron chi connectivity index (χ4n) is 2.72. The Balaban J connectivity index is 2.19. The number of carbonyl (C=O) groups is 1. The fourth-order valence-corrected chi connectivity index (χ4v) is 2.72. The minimum absolute atomic E-state index is 0.00458. The van der Waals surface area contributed by atoms with Gasteiger partial charge in [0.2, 0.25) is 5.91 Å². The highest BCUT2D eigenvalue weighted by molar-refractivity contribution is 5.85. The molecule has 2 heterocycles. The number of likely N-dealkylation sites (tertiary alicyclic amines) is 1. The molecule has 0 aromatic carbocycles. The van der Waals surface area contributed by atoms with Crippen molar-refractivity contribution >= 4 is 5.91 Å². The van der Waals surface area contributed by atoms with Crippen molar-refractivity contribution in [1.29, 1.82) is 0 Å². The molecule has 22 heavy (non-hydrogen) atoms. The molecular formula is C11H17F3N6O2. The molecule has 124 valence electrons. The summed E-state index contributed by atoms with van der Waals surface area (Å²) >= 11 is 0. The van der Waals surface area contributed by atoms with Crippen LogP contribution in [0.15, 0.2) is 0 Å². The Morgan fingerprint density at radius 1 is 1.50 bits per heavy atom. The van der Waals surface area contributed by atoms with E-state index >= 15 is 0 Å². The van der Waals surface area contributed by atoms with E-state index in [1.165, 1.54) is 7.11 Å². The summed E-state index contributed by atoms with van der Waals surface area (Å²) in [6.07, 6.45) is -3.26. The number of halogens is 3. The highest BCUT2D eigenvalue weighted by Gasteiger charge is 2.46. The first kappa shape index (κ1) is 16.6. The van der Waals surface area contributed by atoms with Crippen LogP contribution in [0.1, 0.15) is 18.7 Å². The number of carbonyl (C=O) groups excluding carboxylic acids is 1. The van der Waals surface area contributed by atoms with Gasteiger partial charge in [-0.25, -0.2) is 4.68 Å². The van der Waals surface area contributed by atoms with Gasteiger partial charge < -0.3 is 10.5 Å². The Kier molecular flexibility index (Phi) is 4.66. The maximum absolute atomic E-state index is 12.5. The van der Waals surface area contributed by atoms with Crippen LogP contribution in [-0.2, 0) is 22.6 Å². The lowest BCUT2D eigenvalue weighted by atomic mass is 9.96. The Morgan fingerprint density at radius 3 is 2.82 bits per heavy atom. The molecule has 1 aromatic rings. The Bertz CT molecular complexity index is 534. The highest BCUT2D eigenvalue weighted by atomic mass is 19.4. The third-order valence-corrected chi connectivity index (χ3v) is 3.73. The Labute approximate surface area is 124 Å². The SMILES string of the molecule is COCC1(C(N)=O)CCCN1Cc1nnnn1CC(F)(F)F. The van der Waals surface area contributed by atoms with Crippen molar-refractivity contribution in [3.63, 3.8) is 0 Å². The molecule has 1 amide bonds. The number of rotatable bonds is 6. The van der Waals surface area contributed by atoms with E-state index in [9.17, 15) is 18.0 Å². The average Bonchev–Trinajstić information content (AvgIpc) is 2.98. The van der Waals surface area contributed by atoms with Gasteiger partial charge in [0.25, 0.3) is 0 Å². The number of amides is 1. The van der Waals surface area contributed by atoms with Gasteiger partial charge in [-0.1, -0.05) is 0 Å². The van der Waals surface area contributed by atoms with Crippen LogP contribution in [0, 0.1) is 0 Å². The zero-order chi connectivity index (χ0) is 16.4. The number of alkyl halides is 3. The normalized spacial score (nSPS) is 23.1. The standard InChI is InChI=1S/C11H17F3N6O2/c1-22-7-10(9(15)21)3-2-4-19(10)5-8-16-17-18-20(8)6-11(12,13)14/h2-7H2,1H3,(H2,15,21). The van der Waals surface area contributed by atoms with Crippen LogP contribution in [0.4, 0.5) is 13.2 Å². The van der Waals surface area contributed by atoms with Gasteiger partial charge in [-0.3, -0.25) is 9.69 Å². The first-order chi connectivity index (χ1) is 10.3. The van der Waals surface area contributed by atoms with E-state index in [1.807, 2.05) is 0 Å². The number of nitrogens with zero attached hydrogens (tertiary/aromatic N) is 5. The van der Waals surface area contributed by atoms with E-state index < -0.39 is 24.2 Å². The van der Waals surface area contributed by atoms with Crippen LogP contribution in [-0.4, -0.2) is 63.0 Å². The van der Waals surface area contributed by atoms with Crippen molar-refractivity contribution < 1.29 is 22.7 Å². The summed E-state index contributed by atoms with van der Waals surface area (Å²) in [5.74, 6) is -0.539. The smallest absolute Gasteiger partial charge is 0.382 e. The number of aromatic nitrogens is 4. The lowest BCUT2D eigenvalue weighted by Gasteiger charge is -2.34. The van der Waals surface area contributed by atoms with Crippen molar-refractivity contribution in [3.8, 4) is 0 Å². The second-order valence-electron chi connectivity index (χ2n) is 5.22. The molecular weight excluding hydrogens is 305 g/mol. The molecule has 1 aliphatic rings. The van der Waals surface area contributed by atoms with Gasteiger partial charge >= 0.3 is 6.18 Å². The topological polar surface area (TPSA) is 99.2 Å². The van der Waals surface area contributed by atoms with Crippen LogP contribution in [0.5, 0.6) is 0 Å². The fraction of sp³-hybridized carbons (Fsp3) is 0.818. The van der Waals surface area contributed by atoms with Gasteiger partial charge in [-0.2, -0.15) is 13.2 Å². The van der Waals surface area contributed by atoms with Crippen LogP contribution in [0.25, 0.3) is 0 Å². The molecule has 0 aliphatic carbocycles. The maximum atomic E-state index is 12.5. The predicted molar refractivity (Wildman–Crippen MR) is 67.3 cm³/mol. The summed E-state index contributed by atoms with van der Waals surface area (Å²) in [5.41, 5.74) is 4.44. The number of primary amides is 1. The number of methoxy groups -OCH3 is 1. The zero-order valence-corrected chi connectivity index (χ0v) is 12.0. The minimum Gasteiger partial charge on any atom is -0.382 e. The van der Waals surface area contributed by atoms with Gasteiger partial charge in [0.15, 0.2) is 5.82 Å². The number of hydrogen-bond acceptors (Lipinski definition) is 6. The summed E-state index contributed by atoms with van der Waals surface area (Å²) < 4.78 is 43.2. The second kappa shape index (κ2) is 6.16. The van der Waals surface area contributed by atoms with Gasteiger partial charge in [0.05, 0.1) is 13.2 Å². The number of nitrogens with two attached hydrogens (primary N) is 1. The van der Waals surface area contributed by atoms with Gasteiger partial charge in [-0.15, -0.1) is 5.10 Å². The molecule has 1 fully saturated rings. The third-order valence-electron chi connectivity index (χ3n) is 3.73. The van der Waals surface area contributed by atoms with E-state index in [1.54, 1.807) is 4.90 Å². The van der Waals surface area contributed by atoms with E-state index in [0.717, 1.165) is 0 Å². The Hall–Kier alpha value is -1.75. The average molecular weight is 322 g/mol. The van der Waals surface area contributed by atoms with Crippen molar-refractivity contribution in [2.24, 2.45) is 5.73 Å². The number of tetrazole rings is 1. The lowest BCUT2D eigenvalue weighted by Crippen LogP contribution is -2.56. The van der Waals surface area contributed by atoms with E-state index in [0.29, 0.717) is 24.1 Å². The molecule has 0 saturated carbocycles. The van der Waals surface area contributed by atoms with E-state index in [4.69, 9.17) is 10.5 Å². The van der Waals surface area contributed by atoms with Crippen LogP contribution in [0.3, 0.4) is 0 Å². The first-order valence-corrected chi connectivity index (χ1v) is 6.64. The third kappa shape index (κ3) is 3.35. The predicted octanol–water partition coefficient (Wildman–Crippen LogP) is -0.298. The van der Waals surface area contributed by atoms with Crippen molar-refractivity contribution in [3.05, 3.63) is 5.82 Å². The minimum atomic E-state index is -4.43. The van der Waals surface area contributed by atoms with Gasteiger partial charge in [0, 0.05) is 7.11 Å². The van der Waals surface area contributed by atoms with Crippen LogP contribution >= 0.6 is 0 Å². The summed E-state index contributed by atoms with van der Waals surface area (Å²) in [4.78, 5) is 13.5. The molecule has 1 aromatic heterocycles. The van der Waals surface area contributed by atoms with E-state index in [2.05, 4.69) is 15.5 Å². The van der Waals surface area contributed by atoms with Gasteiger partial charge in [0.1, 0.15) is 12.1 Å². The largest absolute Gasteiger partial charge is 0.408 e.